The van der Waals surface area contributed by atoms with Gasteiger partial charge in [-0.3, -0.25) is 4.79 Å². The van der Waals surface area contributed by atoms with E-state index in [1.165, 1.54) is 19.3 Å². The lowest BCUT2D eigenvalue weighted by atomic mass is 9.86. The first-order chi connectivity index (χ1) is 10.2. The van der Waals surface area contributed by atoms with Gasteiger partial charge in [0.25, 0.3) is 5.91 Å². The van der Waals surface area contributed by atoms with Crippen molar-refractivity contribution in [3.05, 3.63) is 16.1 Å². The molecule has 1 aliphatic heterocycles. The molecule has 0 spiro atoms. The van der Waals surface area contributed by atoms with Crippen molar-refractivity contribution in [3.63, 3.8) is 0 Å². The Balaban J connectivity index is 1.60. The molecule has 5 heteroatoms. The third kappa shape index (κ3) is 3.64. The maximum Gasteiger partial charge on any atom is 0.270 e. The standard InChI is InChI=1S/C16H25N3OS/c1-11-4-2-3-5-13(11)18-15(20)14-10-21-16(19-14)12-6-8-17-9-7-12/h10-13,17H,2-9H2,1H3,(H,18,20). The average molecular weight is 307 g/mol. The molecule has 0 radical (unpaired) electrons. The maximum atomic E-state index is 12.4. The Morgan fingerprint density at radius 1 is 1.29 bits per heavy atom. The van der Waals surface area contributed by atoms with Crippen molar-refractivity contribution >= 4 is 17.2 Å². The molecular weight excluding hydrogens is 282 g/mol. The SMILES string of the molecule is CC1CCCCC1NC(=O)c1csc(C2CCNCC2)n1. The minimum absolute atomic E-state index is 0.0187. The van der Waals surface area contributed by atoms with Gasteiger partial charge >= 0.3 is 0 Å². The molecule has 1 aliphatic carbocycles. The van der Waals surface area contributed by atoms with E-state index >= 15 is 0 Å². The fraction of sp³-hybridized carbons (Fsp3) is 0.750. The number of carbonyl (C=O) groups is 1. The predicted molar refractivity (Wildman–Crippen MR) is 85.8 cm³/mol. The summed E-state index contributed by atoms with van der Waals surface area (Å²) in [6.07, 6.45) is 7.12. The second-order valence-electron chi connectivity index (χ2n) is 6.44. The number of piperidine rings is 1. The molecule has 0 aromatic carbocycles. The minimum atomic E-state index is 0.0187. The van der Waals surface area contributed by atoms with Gasteiger partial charge in [-0.1, -0.05) is 19.8 Å². The molecule has 2 N–H and O–H groups in total. The summed E-state index contributed by atoms with van der Waals surface area (Å²) in [5.41, 5.74) is 0.617. The van der Waals surface area contributed by atoms with Crippen molar-refractivity contribution in [2.45, 2.75) is 57.4 Å². The molecule has 2 aliphatic rings. The first kappa shape index (κ1) is 15.0. The highest BCUT2D eigenvalue weighted by atomic mass is 32.1. The lowest BCUT2D eigenvalue weighted by Crippen LogP contribution is -2.41. The first-order valence-corrected chi connectivity index (χ1v) is 9.09. The molecule has 1 saturated carbocycles. The fourth-order valence-corrected chi connectivity index (χ4v) is 4.39. The summed E-state index contributed by atoms with van der Waals surface area (Å²) in [6.45, 7) is 4.36. The van der Waals surface area contributed by atoms with E-state index in [4.69, 9.17) is 0 Å². The van der Waals surface area contributed by atoms with Gasteiger partial charge in [0.15, 0.2) is 0 Å². The highest BCUT2D eigenvalue weighted by Crippen LogP contribution is 2.28. The molecule has 1 saturated heterocycles. The van der Waals surface area contributed by atoms with Crippen LogP contribution in [0.4, 0.5) is 0 Å². The number of hydrogen-bond donors (Lipinski definition) is 2. The van der Waals surface area contributed by atoms with Crippen LogP contribution in [0, 0.1) is 5.92 Å². The molecule has 2 heterocycles. The maximum absolute atomic E-state index is 12.4. The predicted octanol–water partition coefficient (Wildman–Crippen LogP) is 2.92. The molecule has 2 unspecified atom stereocenters. The Morgan fingerprint density at radius 3 is 2.81 bits per heavy atom. The summed E-state index contributed by atoms with van der Waals surface area (Å²) in [5, 5.41) is 9.63. The van der Waals surface area contributed by atoms with Crippen molar-refractivity contribution in [2.75, 3.05) is 13.1 Å². The molecule has 2 atom stereocenters. The van der Waals surface area contributed by atoms with Crippen molar-refractivity contribution in [3.8, 4) is 0 Å². The van der Waals surface area contributed by atoms with Crippen LogP contribution in [0.15, 0.2) is 5.38 Å². The van der Waals surface area contributed by atoms with E-state index in [-0.39, 0.29) is 5.91 Å². The molecule has 116 valence electrons. The average Bonchev–Trinajstić information content (AvgIpc) is 3.00. The second-order valence-corrected chi connectivity index (χ2v) is 7.33. The van der Waals surface area contributed by atoms with Gasteiger partial charge in [0, 0.05) is 17.3 Å². The van der Waals surface area contributed by atoms with Crippen LogP contribution in [0.1, 0.15) is 66.9 Å². The number of nitrogens with zero attached hydrogens (tertiary/aromatic N) is 1. The van der Waals surface area contributed by atoms with Gasteiger partial charge in [-0.15, -0.1) is 11.3 Å². The van der Waals surface area contributed by atoms with Crippen LogP contribution in [0.5, 0.6) is 0 Å². The molecule has 1 aromatic heterocycles. The van der Waals surface area contributed by atoms with E-state index in [0.29, 0.717) is 23.6 Å². The van der Waals surface area contributed by atoms with Crippen LogP contribution in [0.2, 0.25) is 0 Å². The van der Waals surface area contributed by atoms with Crippen molar-refractivity contribution in [1.82, 2.24) is 15.6 Å². The number of amides is 1. The van der Waals surface area contributed by atoms with Gasteiger partial charge in [-0.05, 0) is 44.7 Å². The monoisotopic (exact) mass is 307 g/mol. The lowest BCUT2D eigenvalue weighted by molar-refractivity contribution is 0.0905. The van der Waals surface area contributed by atoms with E-state index in [9.17, 15) is 4.79 Å². The number of rotatable bonds is 3. The summed E-state index contributed by atoms with van der Waals surface area (Å²) in [5.74, 6) is 1.14. The highest BCUT2D eigenvalue weighted by molar-refractivity contribution is 7.09. The van der Waals surface area contributed by atoms with Crippen molar-refractivity contribution in [2.24, 2.45) is 5.92 Å². The lowest BCUT2D eigenvalue weighted by Gasteiger charge is -2.29. The molecule has 21 heavy (non-hydrogen) atoms. The topological polar surface area (TPSA) is 54.0 Å². The smallest absolute Gasteiger partial charge is 0.270 e. The van der Waals surface area contributed by atoms with Crippen molar-refractivity contribution < 1.29 is 4.79 Å². The number of carbonyl (C=O) groups excluding carboxylic acids is 1. The molecular formula is C16H25N3OS. The minimum Gasteiger partial charge on any atom is -0.348 e. The van der Waals surface area contributed by atoms with Crippen LogP contribution < -0.4 is 10.6 Å². The summed E-state index contributed by atoms with van der Waals surface area (Å²) in [7, 11) is 0. The summed E-state index contributed by atoms with van der Waals surface area (Å²) >= 11 is 1.65. The van der Waals surface area contributed by atoms with Crippen LogP contribution >= 0.6 is 11.3 Å². The van der Waals surface area contributed by atoms with Gasteiger partial charge in [-0.2, -0.15) is 0 Å². The first-order valence-electron chi connectivity index (χ1n) is 8.21. The summed E-state index contributed by atoms with van der Waals surface area (Å²) in [6, 6.07) is 0.329. The van der Waals surface area contributed by atoms with Gasteiger partial charge in [0.2, 0.25) is 0 Å². The molecule has 3 rings (SSSR count). The van der Waals surface area contributed by atoms with Gasteiger partial charge in [-0.25, -0.2) is 4.98 Å². The summed E-state index contributed by atoms with van der Waals surface area (Å²) < 4.78 is 0. The van der Waals surface area contributed by atoms with Crippen LogP contribution in [0.3, 0.4) is 0 Å². The molecule has 2 fully saturated rings. The molecule has 1 amide bonds. The Bertz CT molecular complexity index is 482. The van der Waals surface area contributed by atoms with E-state index in [1.807, 2.05) is 5.38 Å². The quantitative estimate of drug-likeness (QED) is 0.903. The number of nitrogens with one attached hydrogen (secondary N) is 2. The van der Waals surface area contributed by atoms with Gasteiger partial charge in [0.05, 0.1) is 5.01 Å². The molecule has 1 aromatic rings. The third-order valence-corrected chi connectivity index (χ3v) is 5.88. The van der Waals surface area contributed by atoms with Crippen LogP contribution in [-0.4, -0.2) is 30.0 Å². The zero-order valence-electron chi connectivity index (χ0n) is 12.7. The Hall–Kier alpha value is -0.940. The van der Waals surface area contributed by atoms with E-state index in [0.717, 1.165) is 37.4 Å². The van der Waals surface area contributed by atoms with Crippen molar-refractivity contribution in [1.29, 1.82) is 0 Å². The number of hydrogen-bond acceptors (Lipinski definition) is 4. The van der Waals surface area contributed by atoms with Gasteiger partial charge < -0.3 is 10.6 Å². The fourth-order valence-electron chi connectivity index (χ4n) is 3.42. The van der Waals surface area contributed by atoms with Crippen LogP contribution in [-0.2, 0) is 0 Å². The van der Waals surface area contributed by atoms with Crippen LogP contribution in [0.25, 0.3) is 0 Å². The highest BCUT2D eigenvalue weighted by Gasteiger charge is 2.25. The number of thiazole rings is 1. The van der Waals surface area contributed by atoms with E-state index < -0.39 is 0 Å². The zero-order chi connectivity index (χ0) is 14.7. The largest absolute Gasteiger partial charge is 0.348 e. The number of aromatic nitrogens is 1. The molecule has 0 bridgehead atoms. The zero-order valence-corrected chi connectivity index (χ0v) is 13.5. The van der Waals surface area contributed by atoms with E-state index in [2.05, 4.69) is 22.5 Å². The normalized spacial score (nSPS) is 27.5. The summed E-state index contributed by atoms with van der Waals surface area (Å²) in [4.78, 5) is 17.0. The van der Waals surface area contributed by atoms with E-state index in [1.54, 1.807) is 11.3 Å². The van der Waals surface area contributed by atoms with Gasteiger partial charge in [0.1, 0.15) is 5.69 Å². The molecule has 4 nitrogen and oxygen atoms in total. The Kier molecular flexibility index (Phi) is 4.91. The Labute approximate surface area is 130 Å². The third-order valence-electron chi connectivity index (χ3n) is 4.87. The second kappa shape index (κ2) is 6.88. The Morgan fingerprint density at radius 2 is 2.05 bits per heavy atom.